The number of nitrogens with two attached hydrogens (primary N) is 1. The van der Waals surface area contributed by atoms with Gasteiger partial charge >= 0.3 is 0 Å². The lowest BCUT2D eigenvalue weighted by Crippen LogP contribution is -2.37. The fraction of sp³-hybridized carbons (Fsp3) is 0.583. The highest BCUT2D eigenvalue weighted by Gasteiger charge is 2.16. The SMILES string of the molecule is CC(C)(C)c1ccc(CNCC(O)C(N)=O)s1. The van der Waals surface area contributed by atoms with Gasteiger partial charge in [0, 0.05) is 22.8 Å². The Morgan fingerprint density at radius 3 is 2.65 bits per heavy atom. The van der Waals surface area contributed by atoms with Crippen molar-refractivity contribution >= 4 is 17.2 Å². The number of thiophene rings is 1. The largest absolute Gasteiger partial charge is 0.382 e. The highest BCUT2D eigenvalue weighted by Crippen LogP contribution is 2.29. The van der Waals surface area contributed by atoms with Crippen molar-refractivity contribution in [2.45, 2.75) is 38.8 Å². The van der Waals surface area contributed by atoms with Crippen LogP contribution in [0.5, 0.6) is 0 Å². The van der Waals surface area contributed by atoms with Crippen LogP contribution in [0, 0.1) is 0 Å². The van der Waals surface area contributed by atoms with Crippen LogP contribution in [0.2, 0.25) is 0 Å². The molecule has 4 nitrogen and oxygen atoms in total. The van der Waals surface area contributed by atoms with Crippen LogP contribution < -0.4 is 11.1 Å². The molecule has 1 rings (SSSR count). The van der Waals surface area contributed by atoms with E-state index in [1.165, 1.54) is 9.75 Å². The summed E-state index contributed by atoms with van der Waals surface area (Å²) >= 11 is 1.74. The first-order chi connectivity index (χ1) is 7.80. The average molecular weight is 256 g/mol. The molecule has 0 aromatic carbocycles. The standard InChI is InChI=1S/C12H20N2O2S/c1-12(2,3)10-5-4-8(17-10)6-14-7-9(15)11(13)16/h4-5,9,14-15H,6-7H2,1-3H3,(H2,13,16). The molecule has 17 heavy (non-hydrogen) atoms. The zero-order valence-corrected chi connectivity index (χ0v) is 11.3. The number of carbonyl (C=O) groups is 1. The number of amides is 1. The molecule has 0 bridgehead atoms. The Bertz CT molecular complexity index is 382. The second-order valence-electron chi connectivity index (χ2n) is 5.07. The predicted molar refractivity (Wildman–Crippen MR) is 69.9 cm³/mol. The number of rotatable bonds is 5. The summed E-state index contributed by atoms with van der Waals surface area (Å²) in [6, 6.07) is 4.18. The van der Waals surface area contributed by atoms with Crippen LogP contribution in [-0.2, 0) is 16.8 Å². The van der Waals surface area contributed by atoms with Crippen molar-refractivity contribution in [2.75, 3.05) is 6.54 Å². The lowest BCUT2D eigenvalue weighted by Gasteiger charge is -2.15. The third-order valence-electron chi connectivity index (χ3n) is 2.37. The molecule has 0 aliphatic rings. The van der Waals surface area contributed by atoms with Crippen molar-refractivity contribution < 1.29 is 9.90 Å². The summed E-state index contributed by atoms with van der Waals surface area (Å²) in [7, 11) is 0. The molecule has 0 aliphatic carbocycles. The minimum Gasteiger partial charge on any atom is -0.382 e. The van der Waals surface area contributed by atoms with Gasteiger partial charge < -0.3 is 16.2 Å². The number of hydrogen-bond acceptors (Lipinski definition) is 4. The Morgan fingerprint density at radius 1 is 1.53 bits per heavy atom. The summed E-state index contributed by atoms with van der Waals surface area (Å²) in [5, 5.41) is 12.2. The Kier molecular flexibility index (Phi) is 4.68. The van der Waals surface area contributed by atoms with Crippen LogP contribution in [0.4, 0.5) is 0 Å². The Labute approximate surface area is 106 Å². The topological polar surface area (TPSA) is 75.3 Å². The van der Waals surface area contributed by atoms with Crippen molar-refractivity contribution in [3.8, 4) is 0 Å². The molecule has 0 radical (unpaired) electrons. The van der Waals surface area contributed by atoms with Crippen LogP contribution in [-0.4, -0.2) is 23.7 Å². The molecular weight excluding hydrogens is 236 g/mol. The van der Waals surface area contributed by atoms with E-state index in [0.29, 0.717) is 6.54 Å². The first-order valence-corrected chi connectivity index (χ1v) is 6.39. The first-order valence-electron chi connectivity index (χ1n) is 5.58. The lowest BCUT2D eigenvalue weighted by atomic mass is 9.95. The molecule has 1 amide bonds. The van der Waals surface area contributed by atoms with E-state index in [1.807, 2.05) is 0 Å². The maximum Gasteiger partial charge on any atom is 0.247 e. The van der Waals surface area contributed by atoms with Crippen molar-refractivity contribution in [3.05, 3.63) is 21.9 Å². The summed E-state index contributed by atoms with van der Waals surface area (Å²) in [4.78, 5) is 13.1. The monoisotopic (exact) mass is 256 g/mol. The second-order valence-corrected chi connectivity index (χ2v) is 6.23. The molecule has 96 valence electrons. The van der Waals surface area contributed by atoms with Gasteiger partial charge in [-0.15, -0.1) is 11.3 Å². The molecule has 0 spiro atoms. The van der Waals surface area contributed by atoms with Crippen molar-refractivity contribution in [3.63, 3.8) is 0 Å². The first kappa shape index (κ1) is 14.2. The summed E-state index contributed by atoms with van der Waals surface area (Å²) in [5.41, 5.74) is 5.11. The van der Waals surface area contributed by atoms with Crippen LogP contribution in [0.3, 0.4) is 0 Å². The molecule has 1 atom stereocenters. The minimum atomic E-state index is -1.11. The normalized spacial score (nSPS) is 13.6. The summed E-state index contributed by atoms with van der Waals surface area (Å²) in [6.07, 6.45) is -1.11. The van der Waals surface area contributed by atoms with Gasteiger partial charge in [0.05, 0.1) is 0 Å². The molecule has 0 saturated carbocycles. The third-order valence-corrected chi connectivity index (χ3v) is 3.88. The molecule has 0 saturated heterocycles. The van der Waals surface area contributed by atoms with Crippen LogP contribution >= 0.6 is 11.3 Å². The van der Waals surface area contributed by atoms with E-state index < -0.39 is 12.0 Å². The molecule has 1 aromatic heterocycles. The second kappa shape index (κ2) is 5.62. The molecule has 1 aromatic rings. The molecule has 0 aliphatic heterocycles. The van der Waals surface area contributed by atoms with Gasteiger partial charge in [-0.1, -0.05) is 20.8 Å². The number of hydrogen-bond donors (Lipinski definition) is 3. The van der Waals surface area contributed by atoms with Gasteiger partial charge in [-0.3, -0.25) is 4.79 Å². The van der Waals surface area contributed by atoms with E-state index in [2.05, 4.69) is 38.2 Å². The maximum absolute atomic E-state index is 10.6. The lowest BCUT2D eigenvalue weighted by molar-refractivity contribution is -0.125. The quantitative estimate of drug-likeness (QED) is 0.735. The van der Waals surface area contributed by atoms with Crippen LogP contribution in [0.1, 0.15) is 30.5 Å². The van der Waals surface area contributed by atoms with E-state index in [4.69, 9.17) is 5.73 Å². The smallest absolute Gasteiger partial charge is 0.247 e. The van der Waals surface area contributed by atoms with Crippen molar-refractivity contribution in [1.82, 2.24) is 5.32 Å². The number of aliphatic hydroxyl groups is 1. The molecule has 0 fully saturated rings. The predicted octanol–water partition coefficient (Wildman–Crippen LogP) is 0.981. The number of carbonyl (C=O) groups excluding carboxylic acids is 1. The summed E-state index contributed by atoms with van der Waals surface area (Å²) in [5.74, 6) is -0.695. The molecule has 4 N–H and O–H groups in total. The zero-order valence-electron chi connectivity index (χ0n) is 10.5. The van der Waals surface area contributed by atoms with Gasteiger partial charge in [-0.05, 0) is 17.5 Å². The highest BCUT2D eigenvalue weighted by atomic mass is 32.1. The van der Waals surface area contributed by atoms with Gasteiger partial charge in [0.15, 0.2) is 0 Å². The molecular formula is C12H20N2O2S. The van der Waals surface area contributed by atoms with E-state index in [1.54, 1.807) is 11.3 Å². The van der Waals surface area contributed by atoms with E-state index in [-0.39, 0.29) is 12.0 Å². The van der Waals surface area contributed by atoms with E-state index >= 15 is 0 Å². The Morgan fingerprint density at radius 2 is 2.18 bits per heavy atom. The fourth-order valence-corrected chi connectivity index (χ4v) is 2.34. The Hall–Kier alpha value is -0.910. The third kappa shape index (κ3) is 4.46. The van der Waals surface area contributed by atoms with Gasteiger partial charge in [0.2, 0.25) is 5.91 Å². The Balaban J connectivity index is 2.43. The summed E-state index contributed by atoms with van der Waals surface area (Å²) in [6.45, 7) is 7.36. The van der Waals surface area contributed by atoms with Crippen LogP contribution in [0.15, 0.2) is 12.1 Å². The molecule has 5 heteroatoms. The number of primary amides is 1. The average Bonchev–Trinajstić information content (AvgIpc) is 2.65. The van der Waals surface area contributed by atoms with Crippen molar-refractivity contribution in [2.24, 2.45) is 5.73 Å². The van der Waals surface area contributed by atoms with E-state index in [9.17, 15) is 9.90 Å². The molecule has 1 heterocycles. The van der Waals surface area contributed by atoms with Gasteiger partial charge in [0.25, 0.3) is 0 Å². The van der Waals surface area contributed by atoms with Crippen LogP contribution in [0.25, 0.3) is 0 Å². The van der Waals surface area contributed by atoms with E-state index in [0.717, 1.165) is 0 Å². The van der Waals surface area contributed by atoms with Gasteiger partial charge in [0.1, 0.15) is 6.10 Å². The summed E-state index contributed by atoms with van der Waals surface area (Å²) < 4.78 is 0. The zero-order chi connectivity index (χ0) is 13.1. The van der Waals surface area contributed by atoms with Crippen molar-refractivity contribution in [1.29, 1.82) is 0 Å². The number of nitrogens with one attached hydrogen (secondary N) is 1. The minimum absolute atomic E-state index is 0.162. The van der Waals surface area contributed by atoms with Gasteiger partial charge in [-0.2, -0.15) is 0 Å². The maximum atomic E-state index is 10.6. The highest BCUT2D eigenvalue weighted by molar-refractivity contribution is 7.12. The van der Waals surface area contributed by atoms with Gasteiger partial charge in [-0.25, -0.2) is 0 Å². The molecule has 1 unspecified atom stereocenters. The fourth-order valence-electron chi connectivity index (χ4n) is 1.31. The number of aliphatic hydroxyl groups excluding tert-OH is 1.